The maximum atomic E-state index is 13.7. The summed E-state index contributed by atoms with van der Waals surface area (Å²) in [6, 6.07) is 19.3. The van der Waals surface area contributed by atoms with Gasteiger partial charge in [0.25, 0.3) is 0 Å². The van der Waals surface area contributed by atoms with Crippen LogP contribution in [0.25, 0.3) is 10.8 Å². The van der Waals surface area contributed by atoms with Crippen molar-refractivity contribution in [2.45, 2.75) is 12.5 Å². The summed E-state index contributed by atoms with van der Waals surface area (Å²) >= 11 is 0. The van der Waals surface area contributed by atoms with Gasteiger partial charge in [0.1, 0.15) is 17.6 Å². The Morgan fingerprint density at radius 2 is 1.63 bits per heavy atom. The van der Waals surface area contributed by atoms with Gasteiger partial charge in [-0.25, -0.2) is 0 Å². The van der Waals surface area contributed by atoms with E-state index in [0.717, 1.165) is 28.5 Å². The molecule has 0 spiro atoms. The van der Waals surface area contributed by atoms with E-state index in [9.17, 15) is 9.59 Å². The Labute approximate surface area is 202 Å². The summed E-state index contributed by atoms with van der Waals surface area (Å²) in [5, 5.41) is 6.53. The van der Waals surface area contributed by atoms with Crippen LogP contribution in [0.15, 0.2) is 65.8 Å². The van der Waals surface area contributed by atoms with Gasteiger partial charge in [0.15, 0.2) is 0 Å². The molecule has 2 amide bonds. The Morgan fingerprint density at radius 3 is 2.40 bits per heavy atom. The van der Waals surface area contributed by atoms with Crippen molar-refractivity contribution in [3.63, 3.8) is 0 Å². The molecule has 2 aliphatic carbocycles. The average molecular weight is 469 g/mol. The predicted octanol–water partition coefficient (Wildman–Crippen LogP) is 4.03. The molecule has 2 saturated carbocycles. The number of carbonyl (C=O) groups is 2. The van der Waals surface area contributed by atoms with Gasteiger partial charge in [-0.05, 0) is 47.4 Å². The molecule has 7 nitrogen and oxygen atoms in total. The third-order valence-electron chi connectivity index (χ3n) is 8.37. The highest BCUT2D eigenvalue weighted by atomic mass is 16.6. The molecule has 35 heavy (non-hydrogen) atoms. The Balaban J connectivity index is 1.24. The second kappa shape index (κ2) is 7.31. The summed E-state index contributed by atoms with van der Waals surface area (Å²) in [5.41, 5.74) is 2.28. The summed E-state index contributed by atoms with van der Waals surface area (Å²) in [5.74, 6) is 0.359. The van der Waals surface area contributed by atoms with Gasteiger partial charge < -0.3 is 14.3 Å². The van der Waals surface area contributed by atoms with Gasteiger partial charge in [0, 0.05) is 23.5 Å². The molecule has 2 bridgehead atoms. The predicted molar refractivity (Wildman–Crippen MR) is 129 cm³/mol. The van der Waals surface area contributed by atoms with Crippen LogP contribution in [-0.2, 0) is 14.4 Å². The number of hydrogen-bond acceptors (Lipinski definition) is 6. The van der Waals surface area contributed by atoms with Gasteiger partial charge in [0.05, 0.1) is 37.5 Å². The van der Waals surface area contributed by atoms with Crippen molar-refractivity contribution in [1.29, 1.82) is 0 Å². The van der Waals surface area contributed by atoms with Crippen LogP contribution < -0.4 is 14.4 Å². The van der Waals surface area contributed by atoms with E-state index in [4.69, 9.17) is 14.3 Å². The molecule has 7 rings (SSSR count). The lowest BCUT2D eigenvalue weighted by Gasteiger charge is -2.30. The van der Waals surface area contributed by atoms with Crippen LogP contribution in [0.2, 0.25) is 0 Å². The number of nitrogens with zero attached hydrogens (tertiary/aromatic N) is 2. The van der Waals surface area contributed by atoms with E-state index in [0.29, 0.717) is 17.2 Å². The Morgan fingerprint density at radius 1 is 0.857 bits per heavy atom. The minimum atomic E-state index is -0.354. The van der Waals surface area contributed by atoms with Gasteiger partial charge in [0.2, 0.25) is 11.8 Å². The summed E-state index contributed by atoms with van der Waals surface area (Å²) in [7, 11) is 3.23. The number of anilines is 1. The Kier molecular flexibility index (Phi) is 4.28. The fourth-order valence-electron chi connectivity index (χ4n) is 6.93. The molecular formula is C28H24N2O5. The molecule has 6 atom stereocenters. The lowest BCUT2D eigenvalue weighted by molar-refractivity contribution is -0.125. The number of amides is 2. The highest BCUT2D eigenvalue weighted by Crippen LogP contribution is 2.62. The van der Waals surface area contributed by atoms with E-state index in [2.05, 4.69) is 5.16 Å². The second-order valence-electron chi connectivity index (χ2n) is 9.80. The van der Waals surface area contributed by atoms with Crippen molar-refractivity contribution in [3.05, 3.63) is 66.2 Å². The Hall–Kier alpha value is -3.87. The molecule has 3 aromatic rings. The quantitative estimate of drug-likeness (QED) is 0.541. The van der Waals surface area contributed by atoms with Gasteiger partial charge in [-0.3, -0.25) is 14.5 Å². The highest BCUT2D eigenvalue weighted by Gasteiger charge is 2.70. The third-order valence-corrected chi connectivity index (χ3v) is 8.37. The molecule has 0 unspecified atom stereocenters. The number of fused-ring (bicyclic) bond motifs is 9. The molecular weight excluding hydrogens is 444 g/mol. The van der Waals surface area contributed by atoms with Crippen molar-refractivity contribution < 1.29 is 23.9 Å². The average Bonchev–Trinajstić information content (AvgIpc) is 3.63. The molecule has 7 heteroatoms. The van der Waals surface area contributed by atoms with E-state index < -0.39 is 0 Å². The molecule has 0 N–H and O–H groups in total. The number of rotatable bonds is 4. The maximum Gasteiger partial charge on any atom is 0.238 e. The molecule has 1 saturated heterocycles. The van der Waals surface area contributed by atoms with Gasteiger partial charge >= 0.3 is 0 Å². The SMILES string of the molecule is COc1ccc(C2=NO[C@@H]3[C@H]4C[C@@H]([C@H]23)[C@@H]2C(=O)N(c3ccc5ccccc5c3)C(=O)[C@H]42)c(OC)c1. The number of oxime groups is 1. The largest absolute Gasteiger partial charge is 0.497 e. The molecule has 4 aliphatic rings. The van der Waals surface area contributed by atoms with Crippen molar-refractivity contribution in [1.82, 2.24) is 0 Å². The highest BCUT2D eigenvalue weighted by molar-refractivity contribution is 6.23. The van der Waals surface area contributed by atoms with Crippen molar-refractivity contribution in [3.8, 4) is 11.5 Å². The van der Waals surface area contributed by atoms with Crippen LogP contribution in [0.5, 0.6) is 11.5 Å². The molecule has 176 valence electrons. The first-order valence-corrected chi connectivity index (χ1v) is 11.9. The summed E-state index contributed by atoms with van der Waals surface area (Å²) in [4.78, 5) is 34.7. The van der Waals surface area contributed by atoms with E-state index >= 15 is 0 Å². The Bertz CT molecular complexity index is 1430. The van der Waals surface area contributed by atoms with Crippen LogP contribution in [0.4, 0.5) is 5.69 Å². The number of carbonyl (C=O) groups excluding carboxylic acids is 2. The molecule has 2 heterocycles. The molecule has 3 aromatic carbocycles. The van der Waals surface area contributed by atoms with Crippen LogP contribution >= 0.6 is 0 Å². The second-order valence-corrected chi connectivity index (χ2v) is 9.80. The van der Waals surface area contributed by atoms with Crippen molar-refractivity contribution in [2.24, 2.45) is 34.7 Å². The van der Waals surface area contributed by atoms with Crippen LogP contribution in [-0.4, -0.2) is 37.8 Å². The standard InChI is InChI=1S/C28H24N2O5/c1-33-17-9-10-18(21(12-17)34-2)25-24-19-13-20(26(24)35-29-25)23-22(19)27(31)30(28(23)32)16-8-7-14-5-3-4-6-15(14)11-16/h3-12,19-20,22-24,26H,13H2,1-2H3/t19-,20+,22+,23-,24-,26-/m1/s1. The van der Waals surface area contributed by atoms with Crippen LogP contribution in [0.1, 0.15) is 12.0 Å². The van der Waals surface area contributed by atoms with E-state index in [-0.39, 0.29) is 47.5 Å². The molecule has 2 aliphatic heterocycles. The number of ether oxygens (including phenoxy) is 2. The van der Waals surface area contributed by atoms with Crippen LogP contribution in [0.3, 0.4) is 0 Å². The molecule has 0 aromatic heterocycles. The first-order valence-electron chi connectivity index (χ1n) is 11.9. The summed E-state index contributed by atoms with van der Waals surface area (Å²) in [6.45, 7) is 0. The smallest absolute Gasteiger partial charge is 0.238 e. The number of hydrogen-bond donors (Lipinski definition) is 0. The van der Waals surface area contributed by atoms with Gasteiger partial charge in [-0.2, -0.15) is 0 Å². The molecule has 0 radical (unpaired) electrons. The first kappa shape index (κ1) is 20.5. The maximum absolute atomic E-state index is 13.7. The summed E-state index contributed by atoms with van der Waals surface area (Å²) in [6.07, 6.45) is 0.599. The summed E-state index contributed by atoms with van der Waals surface area (Å²) < 4.78 is 11.0. The van der Waals surface area contributed by atoms with Gasteiger partial charge in [-0.1, -0.05) is 35.5 Å². The monoisotopic (exact) mass is 468 g/mol. The number of benzene rings is 3. The zero-order valence-electron chi connectivity index (χ0n) is 19.4. The van der Waals surface area contributed by atoms with E-state index in [1.54, 1.807) is 14.2 Å². The lowest BCUT2D eigenvalue weighted by Crippen LogP contribution is -2.41. The first-order chi connectivity index (χ1) is 17.1. The normalized spacial score (nSPS) is 30.3. The molecule has 3 fully saturated rings. The van der Waals surface area contributed by atoms with Crippen molar-refractivity contribution >= 4 is 34.0 Å². The number of imide groups is 1. The topological polar surface area (TPSA) is 77.4 Å². The van der Waals surface area contributed by atoms with E-state index in [1.165, 1.54) is 4.90 Å². The van der Waals surface area contributed by atoms with Crippen LogP contribution in [0, 0.1) is 29.6 Å². The minimum absolute atomic E-state index is 0.00460. The van der Waals surface area contributed by atoms with Crippen molar-refractivity contribution in [2.75, 3.05) is 19.1 Å². The van der Waals surface area contributed by atoms with Gasteiger partial charge in [-0.15, -0.1) is 0 Å². The van der Waals surface area contributed by atoms with E-state index in [1.807, 2.05) is 60.7 Å². The zero-order chi connectivity index (χ0) is 23.8. The lowest BCUT2D eigenvalue weighted by atomic mass is 9.71. The fraction of sp³-hybridized carbons (Fsp3) is 0.321. The number of methoxy groups -OCH3 is 2. The minimum Gasteiger partial charge on any atom is -0.497 e. The third kappa shape index (κ3) is 2.69. The fourth-order valence-corrected chi connectivity index (χ4v) is 6.93. The zero-order valence-corrected chi connectivity index (χ0v) is 19.4.